The van der Waals surface area contributed by atoms with Crippen molar-refractivity contribution in [1.29, 1.82) is 0 Å². The summed E-state index contributed by atoms with van der Waals surface area (Å²) in [5.74, 6) is 0. The van der Waals surface area contributed by atoms with Crippen LogP contribution in [0.2, 0.25) is 0 Å². The summed E-state index contributed by atoms with van der Waals surface area (Å²) in [4.78, 5) is 3.85. The van der Waals surface area contributed by atoms with E-state index in [2.05, 4.69) is 27.7 Å². The molecule has 13 heavy (non-hydrogen) atoms. The van der Waals surface area contributed by atoms with E-state index in [1.165, 1.54) is 0 Å². The highest BCUT2D eigenvalue weighted by molar-refractivity contribution is 7.80. The smallest absolute Gasteiger partial charge is 0.168 e. The summed E-state index contributed by atoms with van der Waals surface area (Å²) in [7, 11) is 0. The van der Waals surface area contributed by atoms with Gasteiger partial charge in [0.05, 0.1) is 16.5 Å². The molecule has 3 N–H and O–H groups in total. The number of anilines is 1. The molecule has 0 aliphatic heterocycles. The van der Waals surface area contributed by atoms with Gasteiger partial charge in [-0.2, -0.15) is 4.99 Å². The van der Waals surface area contributed by atoms with E-state index >= 15 is 0 Å². The Morgan fingerprint density at radius 3 is 2.77 bits per heavy atom. The third kappa shape index (κ3) is 2.91. The average molecular weight is 209 g/mol. The van der Waals surface area contributed by atoms with Crippen LogP contribution in [0.4, 0.5) is 11.4 Å². The second-order valence-corrected chi connectivity index (χ2v) is 2.83. The highest BCUT2D eigenvalue weighted by atomic mass is 32.1. The number of rotatable bonds is 2. The van der Waals surface area contributed by atoms with Crippen LogP contribution in [0.3, 0.4) is 0 Å². The molecule has 0 aromatic heterocycles. The molecule has 0 atom stereocenters. The molecule has 0 aliphatic rings. The van der Waals surface area contributed by atoms with Crippen molar-refractivity contribution in [3.8, 4) is 0 Å². The molecule has 0 amide bonds. The van der Waals surface area contributed by atoms with Gasteiger partial charge in [-0.3, -0.25) is 0 Å². The average Bonchev–Trinajstić information content (AvgIpc) is 2.08. The molecule has 0 fully saturated rings. The molecular weight excluding hydrogens is 202 g/mol. The Morgan fingerprint density at radius 1 is 1.46 bits per heavy atom. The van der Waals surface area contributed by atoms with Crippen LogP contribution in [-0.2, 0) is 0 Å². The lowest BCUT2D eigenvalue weighted by Gasteiger charge is -2.04. The van der Waals surface area contributed by atoms with E-state index < -0.39 is 0 Å². The number of nitrogens with one attached hydrogen (secondary N) is 1. The molecule has 3 nitrogen and oxygen atoms in total. The molecule has 66 valence electrons. The zero-order valence-electron chi connectivity index (χ0n) is 6.65. The first-order chi connectivity index (χ1) is 6.24. The first-order valence-electron chi connectivity index (χ1n) is 3.47. The van der Waals surface area contributed by atoms with Gasteiger partial charge in [0, 0.05) is 0 Å². The van der Waals surface area contributed by atoms with Gasteiger partial charge >= 0.3 is 0 Å². The molecule has 0 radical (unpaired) electrons. The van der Waals surface area contributed by atoms with Crippen LogP contribution in [0.25, 0.3) is 0 Å². The SMILES string of the molecule is NC(=S)Nc1ccccc1N=C=S. The number of isothiocyanates is 1. The van der Waals surface area contributed by atoms with Gasteiger partial charge in [0.25, 0.3) is 0 Å². The summed E-state index contributed by atoms with van der Waals surface area (Å²) in [6, 6.07) is 7.30. The van der Waals surface area contributed by atoms with Gasteiger partial charge in [0.15, 0.2) is 5.11 Å². The lowest BCUT2D eigenvalue weighted by Crippen LogP contribution is -2.18. The van der Waals surface area contributed by atoms with E-state index in [1.807, 2.05) is 18.2 Å². The highest BCUT2D eigenvalue weighted by Gasteiger charge is 1.98. The zero-order valence-corrected chi connectivity index (χ0v) is 8.28. The van der Waals surface area contributed by atoms with Crippen molar-refractivity contribution in [1.82, 2.24) is 0 Å². The Balaban J connectivity index is 3.04. The molecule has 1 aromatic rings. The van der Waals surface area contributed by atoms with E-state index in [1.54, 1.807) is 6.07 Å². The van der Waals surface area contributed by atoms with Crippen molar-refractivity contribution in [2.75, 3.05) is 5.32 Å². The van der Waals surface area contributed by atoms with Crippen LogP contribution in [0.5, 0.6) is 0 Å². The standard InChI is InChI=1S/C8H7N3S2/c9-8(13)11-7-4-2-1-3-6(7)10-5-12/h1-4H,(H3,9,11,13). The number of benzene rings is 1. The number of para-hydroxylation sites is 2. The first kappa shape index (κ1) is 9.80. The normalized spacial score (nSPS) is 8.62. The summed E-state index contributed by atoms with van der Waals surface area (Å²) in [6.45, 7) is 0. The molecule has 5 heteroatoms. The van der Waals surface area contributed by atoms with E-state index in [0.717, 1.165) is 5.69 Å². The van der Waals surface area contributed by atoms with Gasteiger partial charge in [-0.25, -0.2) is 0 Å². The van der Waals surface area contributed by atoms with Crippen molar-refractivity contribution in [2.24, 2.45) is 10.7 Å². The number of nitrogens with two attached hydrogens (primary N) is 1. The number of nitrogens with zero attached hydrogens (tertiary/aromatic N) is 1. The number of thiocarbonyl (C=S) groups is 2. The van der Waals surface area contributed by atoms with Crippen molar-refractivity contribution in [2.45, 2.75) is 0 Å². The van der Waals surface area contributed by atoms with Gasteiger partial charge in [0.2, 0.25) is 0 Å². The molecule has 0 saturated heterocycles. The number of hydrogen-bond acceptors (Lipinski definition) is 3. The predicted molar refractivity (Wildman–Crippen MR) is 61.5 cm³/mol. The highest BCUT2D eigenvalue weighted by Crippen LogP contribution is 2.23. The summed E-state index contributed by atoms with van der Waals surface area (Å²) in [5, 5.41) is 5.27. The van der Waals surface area contributed by atoms with Crippen LogP contribution < -0.4 is 11.1 Å². The summed E-state index contributed by atoms with van der Waals surface area (Å²) >= 11 is 9.20. The summed E-state index contributed by atoms with van der Waals surface area (Å²) in [5.41, 5.74) is 6.72. The molecule has 0 aliphatic carbocycles. The summed E-state index contributed by atoms with van der Waals surface area (Å²) < 4.78 is 0. The van der Waals surface area contributed by atoms with Gasteiger partial charge in [-0.05, 0) is 36.6 Å². The quantitative estimate of drug-likeness (QED) is 0.578. The third-order valence-corrected chi connectivity index (χ3v) is 1.52. The van der Waals surface area contributed by atoms with Crippen molar-refractivity contribution >= 4 is 46.1 Å². The molecule has 0 bridgehead atoms. The van der Waals surface area contributed by atoms with Crippen LogP contribution >= 0.6 is 24.4 Å². The molecular formula is C8H7N3S2. The number of hydrogen-bond donors (Lipinski definition) is 2. The fourth-order valence-electron chi connectivity index (χ4n) is 0.859. The van der Waals surface area contributed by atoms with Crippen molar-refractivity contribution in [3.05, 3.63) is 24.3 Å². The fraction of sp³-hybridized carbons (Fsp3) is 0. The molecule has 1 rings (SSSR count). The first-order valence-corrected chi connectivity index (χ1v) is 4.29. The van der Waals surface area contributed by atoms with E-state index in [4.69, 9.17) is 18.0 Å². The molecule has 0 spiro atoms. The molecule has 0 unspecified atom stereocenters. The van der Waals surface area contributed by atoms with Crippen LogP contribution in [0, 0.1) is 0 Å². The van der Waals surface area contributed by atoms with E-state index in [-0.39, 0.29) is 5.11 Å². The van der Waals surface area contributed by atoms with E-state index in [0.29, 0.717) is 5.69 Å². The lowest BCUT2D eigenvalue weighted by atomic mass is 10.3. The van der Waals surface area contributed by atoms with Gasteiger partial charge in [-0.1, -0.05) is 12.1 Å². The van der Waals surface area contributed by atoms with Gasteiger partial charge < -0.3 is 11.1 Å². The Kier molecular flexibility index (Phi) is 3.52. The Labute approximate surface area is 86.7 Å². The van der Waals surface area contributed by atoms with Crippen LogP contribution in [0.15, 0.2) is 29.3 Å². The minimum Gasteiger partial charge on any atom is -0.376 e. The van der Waals surface area contributed by atoms with Crippen molar-refractivity contribution in [3.63, 3.8) is 0 Å². The number of aliphatic imine (C=N–C) groups is 1. The Bertz CT molecular complexity index is 369. The third-order valence-electron chi connectivity index (χ3n) is 1.33. The monoisotopic (exact) mass is 209 g/mol. The van der Waals surface area contributed by atoms with Gasteiger partial charge in [0.1, 0.15) is 0 Å². The van der Waals surface area contributed by atoms with E-state index in [9.17, 15) is 0 Å². The zero-order chi connectivity index (χ0) is 9.68. The minimum atomic E-state index is 0.201. The second kappa shape index (κ2) is 4.67. The maximum atomic E-state index is 5.32. The topological polar surface area (TPSA) is 50.4 Å². The van der Waals surface area contributed by atoms with Gasteiger partial charge in [-0.15, -0.1) is 0 Å². The second-order valence-electron chi connectivity index (χ2n) is 2.21. The maximum absolute atomic E-state index is 5.32. The van der Waals surface area contributed by atoms with Crippen LogP contribution in [-0.4, -0.2) is 10.3 Å². The predicted octanol–water partition coefficient (Wildman–Crippen LogP) is 2.08. The Morgan fingerprint density at radius 2 is 2.15 bits per heavy atom. The molecule has 1 aromatic carbocycles. The lowest BCUT2D eigenvalue weighted by molar-refractivity contribution is 1.52. The summed E-state index contributed by atoms with van der Waals surface area (Å²) in [6.07, 6.45) is 0. The molecule has 0 saturated carbocycles. The minimum absolute atomic E-state index is 0.201. The van der Waals surface area contributed by atoms with Crippen molar-refractivity contribution < 1.29 is 0 Å². The molecule has 0 heterocycles. The van der Waals surface area contributed by atoms with Crippen LogP contribution in [0.1, 0.15) is 0 Å². The Hall–Kier alpha value is -1.29. The fourth-order valence-corrected chi connectivity index (χ4v) is 1.07. The maximum Gasteiger partial charge on any atom is 0.168 e. The largest absolute Gasteiger partial charge is 0.376 e.